The van der Waals surface area contributed by atoms with Crippen molar-refractivity contribution >= 4 is 13.7 Å². The van der Waals surface area contributed by atoms with Crippen molar-refractivity contribution < 1.29 is 32.9 Å². The summed E-state index contributed by atoms with van der Waals surface area (Å²) in [5.74, 6) is -0.157. The lowest BCUT2D eigenvalue weighted by Gasteiger charge is -2.30. The van der Waals surface area contributed by atoms with Gasteiger partial charge in [-0.05, 0) is 12.8 Å². The molecule has 8 nitrogen and oxygen atoms in total. The second kappa shape index (κ2) is 46.6. The number of hydrogen-bond acceptors (Lipinski definition) is 6. The Kier molecular flexibility index (Phi) is 46.2. The van der Waals surface area contributed by atoms with Crippen molar-refractivity contribution in [1.29, 1.82) is 0 Å². The molecule has 0 bridgehead atoms. The first-order valence-corrected chi connectivity index (χ1v) is 29.3. The molecule has 0 aromatic rings. The normalized spacial score (nSPS) is 14.0. The number of amides is 1. The number of quaternary nitrogens is 1. The van der Waals surface area contributed by atoms with E-state index in [-0.39, 0.29) is 19.1 Å². The number of phosphoric acid groups is 1. The fourth-order valence-electron chi connectivity index (χ4n) is 8.69. The van der Waals surface area contributed by atoms with Gasteiger partial charge in [0, 0.05) is 6.42 Å². The maximum Gasteiger partial charge on any atom is 0.268 e. The Labute approximate surface area is 393 Å². The molecule has 0 rings (SSSR count). The molecule has 0 aromatic carbocycles. The molecule has 0 aliphatic rings. The molecule has 0 spiro atoms. The number of phosphoric ester groups is 1. The average molecular weight is 915 g/mol. The van der Waals surface area contributed by atoms with Crippen LogP contribution in [0.25, 0.3) is 0 Å². The molecule has 0 heterocycles. The summed E-state index contributed by atoms with van der Waals surface area (Å²) < 4.78 is 23.4. The Morgan fingerprint density at radius 3 is 1.08 bits per heavy atom. The third kappa shape index (κ3) is 49.2. The number of aliphatic hydroxyl groups excluding tert-OH is 1. The lowest BCUT2D eigenvalue weighted by molar-refractivity contribution is -0.870. The Bertz CT molecular complexity index is 994. The first-order valence-electron chi connectivity index (χ1n) is 27.9. The van der Waals surface area contributed by atoms with Crippen LogP contribution in [0.15, 0.2) is 0 Å². The van der Waals surface area contributed by atoms with Crippen LogP contribution in [0, 0.1) is 0 Å². The van der Waals surface area contributed by atoms with E-state index in [1.807, 2.05) is 21.1 Å². The standard InChI is InChI=1S/C54H111N2O6P/c1-6-8-10-12-14-16-18-20-22-24-26-28-29-31-33-35-37-39-41-43-45-47-53(57)52(51-62-63(59,60)61-50-49-56(3,4)5)55-54(58)48-46-44-42-40-38-36-34-32-30-27-25-23-21-19-17-15-13-11-9-7-2/h52-53,57H,6-51H2,1-5H3,(H-,55,58,59,60). The smallest absolute Gasteiger partial charge is 0.268 e. The van der Waals surface area contributed by atoms with E-state index in [1.165, 1.54) is 225 Å². The summed E-state index contributed by atoms with van der Waals surface area (Å²) in [7, 11) is 1.32. The second-order valence-electron chi connectivity index (χ2n) is 20.7. The number of carbonyl (C=O) groups is 1. The van der Waals surface area contributed by atoms with Gasteiger partial charge in [-0.1, -0.05) is 271 Å². The summed E-state index contributed by atoms with van der Waals surface area (Å²) in [4.78, 5) is 25.5. The quantitative estimate of drug-likeness (QED) is 0.0357. The van der Waals surface area contributed by atoms with E-state index in [1.54, 1.807) is 0 Å². The van der Waals surface area contributed by atoms with Gasteiger partial charge in [-0.25, -0.2) is 0 Å². The molecule has 0 saturated carbocycles. The van der Waals surface area contributed by atoms with E-state index in [0.29, 0.717) is 23.9 Å². The van der Waals surface area contributed by atoms with Gasteiger partial charge < -0.3 is 28.8 Å². The topological polar surface area (TPSA) is 108 Å². The number of rotatable bonds is 52. The second-order valence-corrected chi connectivity index (χ2v) is 22.1. The van der Waals surface area contributed by atoms with Gasteiger partial charge in [-0.3, -0.25) is 9.36 Å². The number of aliphatic hydroxyl groups is 1. The Morgan fingerprint density at radius 2 is 0.778 bits per heavy atom. The number of hydrogen-bond donors (Lipinski definition) is 2. The van der Waals surface area contributed by atoms with E-state index in [0.717, 1.165) is 38.5 Å². The molecule has 3 unspecified atom stereocenters. The average Bonchev–Trinajstić information content (AvgIpc) is 3.24. The lowest BCUT2D eigenvalue weighted by atomic mass is 10.0. The van der Waals surface area contributed by atoms with Crippen molar-refractivity contribution in [2.24, 2.45) is 0 Å². The molecule has 0 saturated heterocycles. The van der Waals surface area contributed by atoms with Crippen molar-refractivity contribution in [2.45, 2.75) is 302 Å². The maximum absolute atomic E-state index is 13.0. The van der Waals surface area contributed by atoms with Crippen LogP contribution in [0.3, 0.4) is 0 Å². The molecular weight excluding hydrogens is 804 g/mol. The largest absolute Gasteiger partial charge is 0.756 e. The van der Waals surface area contributed by atoms with E-state index in [2.05, 4.69) is 19.2 Å². The van der Waals surface area contributed by atoms with E-state index in [4.69, 9.17) is 9.05 Å². The summed E-state index contributed by atoms with van der Waals surface area (Å²) in [6.07, 6.45) is 54.1. The highest BCUT2D eigenvalue weighted by molar-refractivity contribution is 7.45. The number of nitrogens with one attached hydrogen (secondary N) is 1. The summed E-state index contributed by atoms with van der Waals surface area (Å²) in [6, 6.07) is -0.794. The minimum absolute atomic E-state index is 0.0166. The lowest BCUT2D eigenvalue weighted by Crippen LogP contribution is -2.46. The van der Waals surface area contributed by atoms with Crippen molar-refractivity contribution in [3.63, 3.8) is 0 Å². The van der Waals surface area contributed by atoms with Crippen LogP contribution in [0.1, 0.15) is 290 Å². The molecule has 0 aliphatic heterocycles. The van der Waals surface area contributed by atoms with Crippen LogP contribution < -0.4 is 10.2 Å². The highest BCUT2D eigenvalue weighted by atomic mass is 31.2. The number of carbonyl (C=O) groups excluding carboxylic acids is 1. The van der Waals surface area contributed by atoms with Gasteiger partial charge in [0.25, 0.3) is 7.82 Å². The van der Waals surface area contributed by atoms with Crippen molar-refractivity contribution in [2.75, 3.05) is 40.9 Å². The molecule has 0 aliphatic carbocycles. The summed E-state index contributed by atoms with van der Waals surface area (Å²) in [6.45, 7) is 4.78. The minimum Gasteiger partial charge on any atom is -0.756 e. The molecule has 378 valence electrons. The van der Waals surface area contributed by atoms with E-state index >= 15 is 0 Å². The molecule has 2 N–H and O–H groups in total. The van der Waals surface area contributed by atoms with Gasteiger partial charge in [0.15, 0.2) is 0 Å². The number of unbranched alkanes of at least 4 members (excludes halogenated alkanes) is 39. The van der Waals surface area contributed by atoms with Crippen LogP contribution in [0.2, 0.25) is 0 Å². The summed E-state index contributed by atoms with van der Waals surface area (Å²) in [5.41, 5.74) is 0. The predicted molar refractivity (Wildman–Crippen MR) is 270 cm³/mol. The fourth-order valence-corrected chi connectivity index (χ4v) is 9.41. The van der Waals surface area contributed by atoms with Crippen LogP contribution in [0.5, 0.6) is 0 Å². The molecule has 9 heteroatoms. The molecular formula is C54H111N2O6P. The van der Waals surface area contributed by atoms with Gasteiger partial charge >= 0.3 is 0 Å². The zero-order chi connectivity index (χ0) is 46.4. The highest BCUT2D eigenvalue weighted by Gasteiger charge is 2.24. The van der Waals surface area contributed by atoms with Crippen LogP contribution in [0.4, 0.5) is 0 Å². The van der Waals surface area contributed by atoms with Crippen LogP contribution in [-0.2, 0) is 18.4 Å². The van der Waals surface area contributed by atoms with Crippen molar-refractivity contribution in [3.8, 4) is 0 Å². The van der Waals surface area contributed by atoms with Crippen LogP contribution in [-0.4, -0.2) is 68.5 Å². The first kappa shape index (κ1) is 62.5. The maximum atomic E-state index is 13.0. The SMILES string of the molecule is CCCCCCCCCCCCCCCCCCCCCCCC(O)C(COP(=O)([O-])OCC[N+](C)(C)C)NC(=O)CCCCCCCCCCCCCCCCCCCCCC. The highest BCUT2D eigenvalue weighted by Crippen LogP contribution is 2.38. The third-order valence-corrected chi connectivity index (χ3v) is 14.1. The zero-order valence-electron chi connectivity index (χ0n) is 43.1. The molecule has 0 aromatic heterocycles. The van der Waals surface area contributed by atoms with Crippen molar-refractivity contribution in [1.82, 2.24) is 5.32 Å². The molecule has 3 atom stereocenters. The predicted octanol–water partition coefficient (Wildman–Crippen LogP) is 15.9. The van der Waals surface area contributed by atoms with Crippen molar-refractivity contribution in [3.05, 3.63) is 0 Å². The molecule has 1 amide bonds. The summed E-state index contributed by atoms with van der Waals surface area (Å²) >= 11 is 0. The van der Waals surface area contributed by atoms with Gasteiger partial charge in [0.1, 0.15) is 13.2 Å². The molecule has 0 fully saturated rings. The Balaban J connectivity index is 4.16. The zero-order valence-corrected chi connectivity index (χ0v) is 44.0. The number of nitrogens with zero attached hydrogens (tertiary/aromatic N) is 1. The monoisotopic (exact) mass is 915 g/mol. The van der Waals surface area contributed by atoms with Gasteiger partial charge in [-0.15, -0.1) is 0 Å². The Hall–Kier alpha value is -0.500. The van der Waals surface area contributed by atoms with Gasteiger partial charge in [-0.2, -0.15) is 0 Å². The first-order chi connectivity index (χ1) is 30.5. The molecule has 63 heavy (non-hydrogen) atoms. The van der Waals surface area contributed by atoms with E-state index < -0.39 is 20.0 Å². The van der Waals surface area contributed by atoms with Gasteiger partial charge in [0.05, 0.1) is 39.9 Å². The van der Waals surface area contributed by atoms with Gasteiger partial charge in [0.2, 0.25) is 5.91 Å². The summed E-state index contributed by atoms with van der Waals surface area (Å²) in [5, 5.41) is 14.0. The number of likely N-dealkylation sites (N-methyl/N-ethyl adjacent to an activating group) is 1. The fraction of sp³-hybridized carbons (Fsp3) is 0.981. The third-order valence-electron chi connectivity index (χ3n) is 13.1. The molecule has 0 radical (unpaired) electrons. The van der Waals surface area contributed by atoms with Crippen LogP contribution >= 0.6 is 7.82 Å². The minimum atomic E-state index is -4.57. The van der Waals surface area contributed by atoms with E-state index in [9.17, 15) is 19.4 Å². The Morgan fingerprint density at radius 1 is 0.492 bits per heavy atom.